The van der Waals surface area contributed by atoms with Crippen molar-refractivity contribution in [2.24, 2.45) is 0 Å². The Kier molecular flexibility index (Phi) is 8.03. The van der Waals surface area contributed by atoms with E-state index in [1.54, 1.807) is 16.6 Å². The fourth-order valence-corrected chi connectivity index (χ4v) is 3.31. The zero-order valence-corrected chi connectivity index (χ0v) is 16.6. The van der Waals surface area contributed by atoms with Gasteiger partial charge in [0.15, 0.2) is 0 Å². The van der Waals surface area contributed by atoms with Crippen molar-refractivity contribution in [1.29, 1.82) is 0 Å². The quantitative estimate of drug-likeness (QED) is 0.515. The molecule has 0 saturated heterocycles. The molecule has 0 fully saturated rings. The van der Waals surface area contributed by atoms with E-state index in [0.29, 0.717) is 13.1 Å². The van der Waals surface area contributed by atoms with E-state index in [1.165, 1.54) is 16.9 Å². The van der Waals surface area contributed by atoms with Gasteiger partial charge in [-0.15, -0.1) is 11.3 Å². The van der Waals surface area contributed by atoms with Gasteiger partial charge in [-0.25, -0.2) is 4.79 Å². The number of amides is 1. The van der Waals surface area contributed by atoms with Crippen LogP contribution < -0.4 is 5.32 Å². The number of nitrogens with one attached hydrogen (secondary N) is 1. The van der Waals surface area contributed by atoms with Crippen LogP contribution in [0.2, 0.25) is 0 Å². The summed E-state index contributed by atoms with van der Waals surface area (Å²) in [7, 11) is 0. The van der Waals surface area contributed by atoms with Crippen molar-refractivity contribution < 1.29 is 9.53 Å². The molecule has 1 N–H and O–H groups in total. The summed E-state index contributed by atoms with van der Waals surface area (Å²) in [5, 5.41) is 3.43. The highest BCUT2D eigenvalue weighted by Crippen LogP contribution is 2.11. The monoisotopic (exact) mass is 395 g/mol. The zero-order valence-electron chi connectivity index (χ0n) is 15.8. The molecule has 0 bridgehead atoms. The van der Waals surface area contributed by atoms with E-state index >= 15 is 0 Å². The second-order valence-corrected chi connectivity index (χ2v) is 7.42. The van der Waals surface area contributed by atoms with E-state index in [-0.39, 0.29) is 12.7 Å². The molecular weight excluding hydrogens is 370 g/mol. The minimum atomic E-state index is -0.291. The van der Waals surface area contributed by atoms with Gasteiger partial charge in [-0.2, -0.15) is 0 Å². The lowest BCUT2D eigenvalue weighted by Gasteiger charge is -2.22. The Morgan fingerprint density at radius 1 is 1.04 bits per heavy atom. The lowest BCUT2D eigenvalue weighted by atomic mass is 10.2. The molecule has 5 nitrogen and oxygen atoms in total. The Bertz CT molecular complexity index is 810. The first-order valence-electron chi connectivity index (χ1n) is 9.39. The molecule has 3 aromatic rings. The largest absolute Gasteiger partial charge is 0.444 e. The number of benzene rings is 2. The Morgan fingerprint density at radius 3 is 2.43 bits per heavy atom. The van der Waals surface area contributed by atoms with Crippen LogP contribution in [0.5, 0.6) is 0 Å². The number of thiazole rings is 1. The van der Waals surface area contributed by atoms with Crippen LogP contribution in [-0.4, -0.2) is 29.1 Å². The molecule has 0 aliphatic rings. The van der Waals surface area contributed by atoms with Crippen LogP contribution >= 0.6 is 11.3 Å². The highest BCUT2D eigenvalue weighted by molar-refractivity contribution is 7.09. The van der Waals surface area contributed by atoms with Crippen molar-refractivity contribution in [2.45, 2.75) is 26.1 Å². The summed E-state index contributed by atoms with van der Waals surface area (Å²) in [4.78, 5) is 19.3. The van der Waals surface area contributed by atoms with Crippen molar-refractivity contribution in [3.05, 3.63) is 88.4 Å². The predicted octanol–water partition coefficient (Wildman–Crippen LogP) is 4.46. The first kappa shape index (κ1) is 20.0. The summed E-state index contributed by atoms with van der Waals surface area (Å²) in [6.07, 6.45) is 2.29. The molecule has 0 radical (unpaired) electrons. The number of hydrogen-bond donors (Lipinski definition) is 1. The highest BCUT2D eigenvalue weighted by Gasteiger charge is 2.15. The Balaban J connectivity index is 1.47. The number of carbonyl (C=O) groups excluding carboxylic acids is 1. The van der Waals surface area contributed by atoms with Crippen LogP contribution in [0, 0.1) is 0 Å². The first-order valence-corrected chi connectivity index (χ1v) is 10.3. The van der Waals surface area contributed by atoms with Gasteiger partial charge in [0, 0.05) is 25.8 Å². The average molecular weight is 396 g/mol. The maximum Gasteiger partial charge on any atom is 0.410 e. The van der Waals surface area contributed by atoms with Gasteiger partial charge in [0.25, 0.3) is 0 Å². The van der Waals surface area contributed by atoms with Crippen molar-refractivity contribution in [3.63, 3.8) is 0 Å². The maximum absolute atomic E-state index is 12.6. The lowest BCUT2D eigenvalue weighted by Crippen LogP contribution is -2.33. The van der Waals surface area contributed by atoms with Gasteiger partial charge in [-0.3, -0.25) is 4.98 Å². The minimum absolute atomic E-state index is 0.265. The molecule has 0 spiro atoms. The third-order valence-electron chi connectivity index (χ3n) is 4.25. The van der Waals surface area contributed by atoms with Gasteiger partial charge in [0.2, 0.25) is 0 Å². The molecule has 6 heteroatoms. The summed E-state index contributed by atoms with van der Waals surface area (Å²) < 4.78 is 5.48. The van der Waals surface area contributed by atoms with Gasteiger partial charge < -0.3 is 15.0 Å². The van der Waals surface area contributed by atoms with Gasteiger partial charge in [0.1, 0.15) is 6.61 Å². The second-order valence-electron chi connectivity index (χ2n) is 6.45. The van der Waals surface area contributed by atoms with Crippen LogP contribution in [0.25, 0.3) is 0 Å². The smallest absolute Gasteiger partial charge is 0.410 e. The third-order valence-corrected chi connectivity index (χ3v) is 5.00. The van der Waals surface area contributed by atoms with Crippen molar-refractivity contribution in [2.75, 3.05) is 13.1 Å². The normalized spacial score (nSPS) is 10.6. The molecule has 2 aromatic carbocycles. The lowest BCUT2D eigenvalue weighted by molar-refractivity contribution is 0.0940. The van der Waals surface area contributed by atoms with Crippen molar-refractivity contribution >= 4 is 17.4 Å². The SMILES string of the molecule is O=C(OCc1cncs1)N(CCCNCc1ccccc1)Cc1ccccc1. The van der Waals surface area contributed by atoms with Crippen molar-refractivity contribution in [1.82, 2.24) is 15.2 Å². The average Bonchev–Trinajstić information content (AvgIpc) is 3.26. The van der Waals surface area contributed by atoms with Crippen LogP contribution in [0.1, 0.15) is 22.4 Å². The molecule has 28 heavy (non-hydrogen) atoms. The number of nitrogens with zero attached hydrogens (tertiary/aromatic N) is 2. The van der Waals surface area contributed by atoms with Gasteiger partial charge in [-0.1, -0.05) is 60.7 Å². The van der Waals surface area contributed by atoms with Gasteiger partial charge >= 0.3 is 6.09 Å². The first-order chi connectivity index (χ1) is 13.8. The van der Waals surface area contributed by atoms with E-state index in [0.717, 1.165) is 30.0 Å². The molecule has 1 aromatic heterocycles. The molecule has 0 aliphatic carbocycles. The standard InChI is InChI=1S/C22H25N3O2S/c26-22(27-17-21-15-24-18-28-21)25(16-20-10-5-2-6-11-20)13-7-12-23-14-19-8-3-1-4-9-19/h1-6,8-11,15,18,23H,7,12-14,16-17H2. The van der Waals surface area contributed by atoms with E-state index in [4.69, 9.17) is 4.74 Å². The predicted molar refractivity (Wildman–Crippen MR) is 112 cm³/mol. The number of hydrogen-bond acceptors (Lipinski definition) is 5. The number of carbonyl (C=O) groups is 1. The number of ether oxygens (including phenoxy) is 1. The molecule has 0 unspecified atom stereocenters. The summed E-state index contributed by atoms with van der Waals surface area (Å²) in [5.74, 6) is 0. The molecule has 1 heterocycles. The Labute approximate surface area is 170 Å². The zero-order chi connectivity index (χ0) is 19.4. The molecular formula is C22H25N3O2S. The fraction of sp³-hybridized carbons (Fsp3) is 0.273. The number of aromatic nitrogens is 1. The van der Waals surface area contributed by atoms with E-state index in [9.17, 15) is 4.79 Å². The fourth-order valence-electron chi connectivity index (χ4n) is 2.80. The van der Waals surface area contributed by atoms with E-state index in [1.807, 2.05) is 48.5 Å². The molecule has 0 atom stereocenters. The molecule has 3 rings (SSSR count). The second kappa shape index (κ2) is 11.2. The molecule has 0 saturated carbocycles. The molecule has 146 valence electrons. The summed E-state index contributed by atoms with van der Waals surface area (Å²) >= 11 is 1.49. The van der Waals surface area contributed by atoms with Crippen LogP contribution in [-0.2, 0) is 24.4 Å². The summed E-state index contributed by atoms with van der Waals surface area (Å²) in [6.45, 7) is 3.11. The Morgan fingerprint density at radius 2 is 1.75 bits per heavy atom. The van der Waals surface area contributed by atoms with E-state index < -0.39 is 0 Å². The summed E-state index contributed by atoms with van der Waals surface area (Å²) in [5.41, 5.74) is 4.09. The molecule has 0 aliphatic heterocycles. The number of rotatable bonds is 10. The maximum atomic E-state index is 12.6. The third kappa shape index (κ3) is 6.79. The van der Waals surface area contributed by atoms with Crippen LogP contribution in [0.4, 0.5) is 4.79 Å². The van der Waals surface area contributed by atoms with Crippen LogP contribution in [0.3, 0.4) is 0 Å². The van der Waals surface area contributed by atoms with Gasteiger partial charge in [0.05, 0.1) is 10.4 Å². The molecule has 1 amide bonds. The van der Waals surface area contributed by atoms with Gasteiger partial charge in [-0.05, 0) is 24.1 Å². The van der Waals surface area contributed by atoms with Crippen molar-refractivity contribution in [3.8, 4) is 0 Å². The van der Waals surface area contributed by atoms with E-state index in [2.05, 4.69) is 22.4 Å². The van der Waals surface area contributed by atoms with Crippen LogP contribution in [0.15, 0.2) is 72.4 Å². The summed E-state index contributed by atoms with van der Waals surface area (Å²) in [6, 6.07) is 20.3. The Hall–Kier alpha value is -2.70. The topological polar surface area (TPSA) is 54.5 Å². The highest BCUT2D eigenvalue weighted by atomic mass is 32.1. The minimum Gasteiger partial charge on any atom is -0.444 e.